The van der Waals surface area contributed by atoms with Gasteiger partial charge < -0.3 is 19.3 Å². The first-order chi connectivity index (χ1) is 11.9. The van der Waals surface area contributed by atoms with Gasteiger partial charge in [0.2, 0.25) is 0 Å². The van der Waals surface area contributed by atoms with Crippen molar-refractivity contribution in [3.8, 4) is 5.75 Å². The molecule has 0 atom stereocenters. The van der Waals surface area contributed by atoms with Gasteiger partial charge in [0.05, 0.1) is 24.4 Å². The molecule has 0 unspecified atom stereocenters. The molecule has 6 nitrogen and oxygen atoms in total. The van der Waals surface area contributed by atoms with E-state index >= 15 is 0 Å². The largest absolute Gasteiger partial charge is 0.489 e. The number of alkyl halides is 2. The molecule has 1 aromatic heterocycles. The standard InChI is InChI=1S/C17H20F2N2O4/c1-11-15(12(2)25-20-11)10-24-14-5-3-4-13(8-14)17(23)21(6-7-22)9-16(18)19/h3-5,8,16,22H,6-7,9-10H2,1-2H3. The minimum Gasteiger partial charge on any atom is -0.489 e. The van der Waals surface area contributed by atoms with Gasteiger partial charge in [0.1, 0.15) is 18.1 Å². The monoisotopic (exact) mass is 354 g/mol. The van der Waals surface area contributed by atoms with Gasteiger partial charge in [-0.3, -0.25) is 4.79 Å². The summed E-state index contributed by atoms with van der Waals surface area (Å²) in [6.07, 6.45) is -2.67. The second-order valence-electron chi connectivity index (χ2n) is 5.49. The first kappa shape index (κ1) is 18.9. The molecular weight excluding hydrogens is 334 g/mol. The predicted molar refractivity (Wildman–Crippen MR) is 85.7 cm³/mol. The number of carbonyl (C=O) groups is 1. The quantitative estimate of drug-likeness (QED) is 0.789. The van der Waals surface area contributed by atoms with Crippen molar-refractivity contribution in [2.24, 2.45) is 0 Å². The average Bonchev–Trinajstić information content (AvgIpc) is 2.90. The smallest absolute Gasteiger partial charge is 0.255 e. The summed E-state index contributed by atoms with van der Waals surface area (Å²) in [6.45, 7) is 2.51. The Kier molecular flexibility index (Phi) is 6.46. The molecule has 1 amide bonds. The van der Waals surface area contributed by atoms with Crippen LogP contribution in [0.1, 0.15) is 27.4 Å². The first-order valence-electron chi connectivity index (χ1n) is 7.75. The Morgan fingerprint density at radius 2 is 2.16 bits per heavy atom. The Morgan fingerprint density at radius 1 is 1.40 bits per heavy atom. The molecule has 0 radical (unpaired) electrons. The van der Waals surface area contributed by atoms with E-state index in [1.165, 1.54) is 12.1 Å². The maximum atomic E-state index is 12.6. The molecule has 0 bridgehead atoms. The van der Waals surface area contributed by atoms with Crippen molar-refractivity contribution in [2.75, 3.05) is 19.7 Å². The number of hydrogen-bond donors (Lipinski definition) is 1. The predicted octanol–water partition coefficient (Wildman–Crippen LogP) is 2.57. The highest BCUT2D eigenvalue weighted by atomic mass is 19.3. The van der Waals surface area contributed by atoms with Crippen molar-refractivity contribution in [3.63, 3.8) is 0 Å². The third kappa shape index (κ3) is 4.99. The molecule has 0 saturated carbocycles. The normalized spacial score (nSPS) is 11.0. The van der Waals surface area contributed by atoms with Crippen molar-refractivity contribution in [1.82, 2.24) is 10.1 Å². The lowest BCUT2D eigenvalue weighted by Gasteiger charge is -2.21. The van der Waals surface area contributed by atoms with Crippen LogP contribution in [-0.4, -0.2) is 47.2 Å². The van der Waals surface area contributed by atoms with Gasteiger partial charge in [0.25, 0.3) is 12.3 Å². The Labute approximate surface area is 144 Å². The van der Waals surface area contributed by atoms with Crippen molar-refractivity contribution < 1.29 is 27.9 Å². The van der Waals surface area contributed by atoms with E-state index < -0.39 is 18.9 Å². The second-order valence-corrected chi connectivity index (χ2v) is 5.49. The molecule has 25 heavy (non-hydrogen) atoms. The minimum absolute atomic E-state index is 0.159. The SMILES string of the molecule is Cc1noc(C)c1COc1cccc(C(=O)N(CCO)CC(F)F)c1. The van der Waals surface area contributed by atoms with E-state index in [-0.39, 0.29) is 25.3 Å². The van der Waals surface area contributed by atoms with Gasteiger partial charge in [-0.25, -0.2) is 8.78 Å². The fourth-order valence-corrected chi connectivity index (χ4v) is 2.33. The number of nitrogens with zero attached hydrogens (tertiary/aromatic N) is 2. The lowest BCUT2D eigenvalue weighted by Crippen LogP contribution is -2.37. The summed E-state index contributed by atoms with van der Waals surface area (Å²) in [5.41, 5.74) is 1.75. The summed E-state index contributed by atoms with van der Waals surface area (Å²) in [6, 6.07) is 6.27. The molecule has 8 heteroatoms. The fraction of sp³-hybridized carbons (Fsp3) is 0.412. The van der Waals surface area contributed by atoms with Crippen molar-refractivity contribution in [1.29, 1.82) is 0 Å². The van der Waals surface area contributed by atoms with Crippen molar-refractivity contribution in [2.45, 2.75) is 26.9 Å². The highest BCUT2D eigenvalue weighted by molar-refractivity contribution is 5.94. The Hall–Kier alpha value is -2.48. The lowest BCUT2D eigenvalue weighted by atomic mass is 10.2. The number of benzene rings is 1. The number of amides is 1. The number of rotatable bonds is 8. The molecule has 136 valence electrons. The Morgan fingerprint density at radius 3 is 2.76 bits per heavy atom. The molecule has 1 N–H and O–H groups in total. The minimum atomic E-state index is -2.67. The summed E-state index contributed by atoms with van der Waals surface area (Å²) < 4.78 is 35.9. The van der Waals surface area contributed by atoms with Crippen LogP contribution in [0.4, 0.5) is 8.78 Å². The maximum Gasteiger partial charge on any atom is 0.255 e. The summed E-state index contributed by atoms with van der Waals surface area (Å²) in [7, 11) is 0. The number of aromatic nitrogens is 1. The highest BCUT2D eigenvalue weighted by Gasteiger charge is 2.20. The number of aliphatic hydroxyl groups excluding tert-OH is 1. The van der Waals surface area contributed by atoms with Crippen LogP contribution in [-0.2, 0) is 6.61 Å². The van der Waals surface area contributed by atoms with Crippen LogP contribution in [0.15, 0.2) is 28.8 Å². The van der Waals surface area contributed by atoms with Gasteiger partial charge in [0, 0.05) is 12.1 Å². The number of aryl methyl sites for hydroxylation is 2. The van der Waals surface area contributed by atoms with Crippen LogP contribution in [0.5, 0.6) is 5.75 Å². The summed E-state index contributed by atoms with van der Waals surface area (Å²) in [5.74, 6) is 0.486. The second kappa shape index (κ2) is 8.57. The van der Waals surface area contributed by atoms with Gasteiger partial charge in [-0.15, -0.1) is 0 Å². The third-order valence-corrected chi connectivity index (χ3v) is 3.66. The number of hydrogen-bond acceptors (Lipinski definition) is 5. The van der Waals surface area contributed by atoms with E-state index in [0.717, 1.165) is 16.2 Å². The Bertz CT molecular complexity index is 699. The van der Waals surface area contributed by atoms with Crippen molar-refractivity contribution >= 4 is 5.91 Å². The van der Waals surface area contributed by atoms with Crippen LogP contribution in [0, 0.1) is 13.8 Å². The van der Waals surface area contributed by atoms with Gasteiger partial charge in [-0.1, -0.05) is 11.2 Å². The van der Waals surface area contributed by atoms with Crippen LogP contribution >= 0.6 is 0 Å². The zero-order valence-corrected chi connectivity index (χ0v) is 14.0. The van der Waals surface area contributed by atoms with Gasteiger partial charge in [-0.2, -0.15) is 0 Å². The molecule has 1 heterocycles. The fourth-order valence-electron chi connectivity index (χ4n) is 2.33. The molecule has 1 aromatic carbocycles. The zero-order valence-electron chi connectivity index (χ0n) is 14.0. The number of aliphatic hydroxyl groups is 1. The van der Waals surface area contributed by atoms with E-state index in [4.69, 9.17) is 14.4 Å². The molecule has 2 aromatic rings. The molecular formula is C17H20F2N2O4. The molecule has 2 rings (SSSR count). The molecule has 0 spiro atoms. The van der Waals surface area contributed by atoms with Crippen molar-refractivity contribution in [3.05, 3.63) is 46.8 Å². The Balaban J connectivity index is 2.10. The summed E-state index contributed by atoms with van der Waals surface area (Å²) in [4.78, 5) is 13.3. The van der Waals surface area contributed by atoms with Gasteiger partial charge in [0.15, 0.2) is 0 Å². The van der Waals surface area contributed by atoms with E-state index in [0.29, 0.717) is 11.5 Å². The van der Waals surface area contributed by atoms with Crippen LogP contribution in [0.3, 0.4) is 0 Å². The zero-order chi connectivity index (χ0) is 18.4. The first-order valence-corrected chi connectivity index (χ1v) is 7.75. The third-order valence-electron chi connectivity index (χ3n) is 3.66. The molecule has 0 aliphatic rings. The van der Waals surface area contributed by atoms with Crippen LogP contribution in [0.25, 0.3) is 0 Å². The van der Waals surface area contributed by atoms with E-state index in [2.05, 4.69) is 5.16 Å². The summed E-state index contributed by atoms with van der Waals surface area (Å²) >= 11 is 0. The summed E-state index contributed by atoms with van der Waals surface area (Å²) in [5, 5.41) is 12.8. The maximum absolute atomic E-state index is 12.6. The van der Waals surface area contributed by atoms with Gasteiger partial charge >= 0.3 is 0 Å². The topological polar surface area (TPSA) is 75.8 Å². The molecule has 0 aliphatic heterocycles. The van der Waals surface area contributed by atoms with E-state index in [1.807, 2.05) is 0 Å². The number of carbonyl (C=O) groups excluding carboxylic acids is 1. The lowest BCUT2D eigenvalue weighted by molar-refractivity contribution is 0.0509. The van der Waals surface area contributed by atoms with Crippen LogP contribution in [0.2, 0.25) is 0 Å². The highest BCUT2D eigenvalue weighted by Crippen LogP contribution is 2.19. The van der Waals surface area contributed by atoms with Crippen LogP contribution < -0.4 is 4.74 Å². The van der Waals surface area contributed by atoms with E-state index in [9.17, 15) is 13.6 Å². The van der Waals surface area contributed by atoms with E-state index in [1.54, 1.807) is 26.0 Å². The molecule has 0 fully saturated rings. The number of halogens is 2. The number of ether oxygens (including phenoxy) is 1. The van der Waals surface area contributed by atoms with Gasteiger partial charge in [-0.05, 0) is 32.0 Å². The molecule has 0 aliphatic carbocycles. The molecule has 0 saturated heterocycles. The average molecular weight is 354 g/mol.